The standard InChI is InChI=1S/C11H25P/c1-7-11(6,12)9(2)8-10(3,4)5/h9H,7-8,12H2,1-6H3. The van der Waals surface area contributed by atoms with Crippen molar-refractivity contribution in [3.63, 3.8) is 0 Å². The second-order valence-corrected chi connectivity index (χ2v) is 6.84. The van der Waals surface area contributed by atoms with Gasteiger partial charge in [0.05, 0.1) is 0 Å². The Balaban J connectivity index is 4.13. The van der Waals surface area contributed by atoms with E-state index in [-0.39, 0.29) is 0 Å². The summed E-state index contributed by atoms with van der Waals surface area (Å²) in [5.74, 6) is 0.785. The average molecular weight is 188 g/mol. The quantitative estimate of drug-likeness (QED) is 0.585. The first-order valence-electron chi connectivity index (χ1n) is 4.98. The van der Waals surface area contributed by atoms with E-state index in [1.54, 1.807) is 0 Å². The summed E-state index contributed by atoms with van der Waals surface area (Å²) in [5.41, 5.74) is 0.465. The Labute approximate surface area is 80.7 Å². The molecule has 0 saturated carbocycles. The number of hydrogen-bond donors (Lipinski definition) is 0. The van der Waals surface area contributed by atoms with Gasteiger partial charge in [0, 0.05) is 0 Å². The van der Waals surface area contributed by atoms with Crippen LogP contribution < -0.4 is 0 Å². The molecule has 0 N–H and O–H groups in total. The lowest BCUT2D eigenvalue weighted by atomic mass is 9.79. The predicted octanol–water partition coefficient (Wildman–Crippen LogP) is 4.10. The zero-order valence-electron chi connectivity index (χ0n) is 9.57. The van der Waals surface area contributed by atoms with Gasteiger partial charge in [-0.25, -0.2) is 0 Å². The van der Waals surface area contributed by atoms with Crippen molar-refractivity contribution < 1.29 is 0 Å². The van der Waals surface area contributed by atoms with Gasteiger partial charge in [-0.05, 0) is 29.3 Å². The zero-order chi connectivity index (χ0) is 9.99. The van der Waals surface area contributed by atoms with E-state index in [1.807, 2.05) is 0 Å². The van der Waals surface area contributed by atoms with Gasteiger partial charge in [0.2, 0.25) is 0 Å². The highest BCUT2D eigenvalue weighted by Gasteiger charge is 2.27. The summed E-state index contributed by atoms with van der Waals surface area (Å²) in [6.07, 6.45) is 2.55. The first kappa shape index (κ1) is 12.4. The molecule has 0 aliphatic rings. The molecule has 0 aliphatic heterocycles. The Bertz CT molecular complexity index is 130. The molecule has 0 aliphatic carbocycles. The second kappa shape index (κ2) is 4.09. The topological polar surface area (TPSA) is 0 Å². The van der Waals surface area contributed by atoms with Crippen LogP contribution in [0.5, 0.6) is 0 Å². The third kappa shape index (κ3) is 4.45. The molecule has 0 amide bonds. The van der Waals surface area contributed by atoms with E-state index in [0.29, 0.717) is 10.6 Å². The minimum Gasteiger partial charge on any atom is -0.131 e. The molecular formula is C11H25P. The Kier molecular flexibility index (Phi) is 4.24. The van der Waals surface area contributed by atoms with Crippen LogP contribution in [0.1, 0.15) is 54.4 Å². The minimum absolute atomic E-state index is 0.424. The lowest BCUT2D eigenvalue weighted by Crippen LogP contribution is -2.28. The fraction of sp³-hybridized carbons (Fsp3) is 1.00. The molecule has 0 fully saturated rings. The van der Waals surface area contributed by atoms with Gasteiger partial charge in [-0.15, -0.1) is 9.24 Å². The van der Waals surface area contributed by atoms with Crippen molar-refractivity contribution in [1.82, 2.24) is 0 Å². The lowest BCUT2D eigenvalue weighted by Gasteiger charge is -2.35. The summed E-state index contributed by atoms with van der Waals surface area (Å²) >= 11 is 0. The molecule has 0 saturated heterocycles. The van der Waals surface area contributed by atoms with Crippen molar-refractivity contribution in [2.75, 3.05) is 0 Å². The number of hydrogen-bond acceptors (Lipinski definition) is 0. The van der Waals surface area contributed by atoms with Crippen molar-refractivity contribution in [2.45, 2.75) is 59.5 Å². The predicted molar refractivity (Wildman–Crippen MR) is 61.6 cm³/mol. The smallest absolute Gasteiger partial charge is 0.0155 e. The largest absolute Gasteiger partial charge is 0.131 e. The zero-order valence-corrected chi connectivity index (χ0v) is 10.7. The normalized spacial score (nSPS) is 20.2. The Morgan fingerprint density at radius 3 is 1.83 bits per heavy atom. The summed E-state index contributed by atoms with van der Waals surface area (Å²) in [4.78, 5) is 0. The maximum Gasteiger partial charge on any atom is -0.0155 e. The van der Waals surface area contributed by atoms with Gasteiger partial charge in [-0.2, -0.15) is 0 Å². The lowest BCUT2D eigenvalue weighted by molar-refractivity contribution is 0.264. The summed E-state index contributed by atoms with van der Waals surface area (Å²) in [7, 11) is 3.01. The van der Waals surface area contributed by atoms with Crippen molar-refractivity contribution in [3.05, 3.63) is 0 Å². The third-order valence-corrected chi connectivity index (χ3v) is 3.78. The van der Waals surface area contributed by atoms with Gasteiger partial charge in [0.15, 0.2) is 0 Å². The Hall–Kier alpha value is 0.430. The molecule has 0 aromatic carbocycles. The fourth-order valence-corrected chi connectivity index (χ4v) is 1.62. The summed E-state index contributed by atoms with van der Waals surface area (Å²) in [6, 6.07) is 0. The van der Waals surface area contributed by atoms with E-state index in [1.165, 1.54) is 12.8 Å². The highest BCUT2D eigenvalue weighted by atomic mass is 31.0. The van der Waals surface area contributed by atoms with Crippen molar-refractivity contribution in [2.24, 2.45) is 11.3 Å². The molecule has 0 aromatic heterocycles. The molecule has 1 heteroatoms. The van der Waals surface area contributed by atoms with Crippen LogP contribution >= 0.6 is 9.24 Å². The van der Waals surface area contributed by atoms with E-state index in [2.05, 4.69) is 50.8 Å². The van der Waals surface area contributed by atoms with Crippen LogP contribution in [-0.4, -0.2) is 5.16 Å². The molecule has 0 radical (unpaired) electrons. The van der Waals surface area contributed by atoms with Crippen molar-refractivity contribution in [1.29, 1.82) is 0 Å². The van der Waals surface area contributed by atoms with Crippen LogP contribution in [0.2, 0.25) is 0 Å². The van der Waals surface area contributed by atoms with E-state index < -0.39 is 0 Å². The van der Waals surface area contributed by atoms with Gasteiger partial charge in [0.1, 0.15) is 0 Å². The van der Waals surface area contributed by atoms with Crippen LogP contribution in [0.3, 0.4) is 0 Å². The highest BCUT2D eigenvalue weighted by molar-refractivity contribution is 7.18. The van der Waals surface area contributed by atoms with Crippen molar-refractivity contribution in [3.8, 4) is 0 Å². The summed E-state index contributed by atoms with van der Waals surface area (Å²) in [6.45, 7) is 13.9. The van der Waals surface area contributed by atoms with E-state index >= 15 is 0 Å². The monoisotopic (exact) mass is 188 g/mol. The van der Waals surface area contributed by atoms with Crippen molar-refractivity contribution >= 4 is 9.24 Å². The summed E-state index contributed by atoms with van der Waals surface area (Å²) < 4.78 is 0. The molecule has 0 heterocycles. The maximum absolute atomic E-state index is 3.01. The fourth-order valence-electron chi connectivity index (χ4n) is 1.50. The van der Waals surface area contributed by atoms with E-state index in [9.17, 15) is 0 Å². The van der Waals surface area contributed by atoms with Gasteiger partial charge in [-0.3, -0.25) is 0 Å². The molecule has 74 valence electrons. The van der Waals surface area contributed by atoms with Gasteiger partial charge in [0.25, 0.3) is 0 Å². The Morgan fingerprint density at radius 2 is 1.58 bits per heavy atom. The van der Waals surface area contributed by atoms with Gasteiger partial charge < -0.3 is 0 Å². The first-order chi connectivity index (χ1) is 5.19. The maximum atomic E-state index is 3.01. The van der Waals surface area contributed by atoms with Crippen LogP contribution in [0.15, 0.2) is 0 Å². The van der Waals surface area contributed by atoms with Gasteiger partial charge >= 0.3 is 0 Å². The molecule has 3 unspecified atom stereocenters. The molecular weight excluding hydrogens is 163 g/mol. The minimum atomic E-state index is 0.424. The SMILES string of the molecule is CCC(C)(P)C(C)CC(C)(C)C. The Morgan fingerprint density at radius 1 is 1.17 bits per heavy atom. The molecule has 0 aromatic rings. The van der Waals surface area contributed by atoms with Crippen LogP contribution in [0.25, 0.3) is 0 Å². The summed E-state index contributed by atoms with van der Waals surface area (Å²) in [5, 5.41) is 0.424. The van der Waals surface area contributed by atoms with E-state index in [4.69, 9.17) is 0 Å². The molecule has 0 nitrogen and oxygen atoms in total. The van der Waals surface area contributed by atoms with E-state index in [0.717, 1.165) is 5.92 Å². The van der Waals surface area contributed by atoms with Crippen LogP contribution in [0.4, 0.5) is 0 Å². The van der Waals surface area contributed by atoms with Crippen LogP contribution in [-0.2, 0) is 0 Å². The molecule has 0 rings (SSSR count). The third-order valence-electron chi connectivity index (χ3n) is 2.81. The highest BCUT2D eigenvalue weighted by Crippen LogP contribution is 2.38. The molecule has 3 atom stereocenters. The molecule has 0 spiro atoms. The average Bonchev–Trinajstić information content (AvgIpc) is 1.84. The second-order valence-electron chi connectivity index (χ2n) is 5.53. The van der Waals surface area contributed by atoms with Crippen LogP contribution in [0, 0.1) is 11.3 Å². The molecule has 12 heavy (non-hydrogen) atoms. The van der Waals surface area contributed by atoms with Gasteiger partial charge in [-0.1, -0.05) is 41.5 Å². The number of rotatable bonds is 3. The first-order valence-corrected chi connectivity index (χ1v) is 5.55. The molecule has 0 bridgehead atoms.